The number of aryl methyl sites for hydroxylation is 1. The van der Waals surface area contributed by atoms with Gasteiger partial charge in [-0.15, -0.1) is 0 Å². The smallest absolute Gasteiger partial charge is 0.151 e. The number of hydrogen-bond acceptors (Lipinski definition) is 5. The molecule has 1 aliphatic rings. The minimum atomic E-state index is -2.91. The van der Waals surface area contributed by atoms with Gasteiger partial charge in [-0.3, -0.25) is 0 Å². The van der Waals surface area contributed by atoms with Crippen LogP contribution in [0.5, 0.6) is 0 Å². The standard InChI is InChI=1S/C12H18BrN3O2S/c1-3-4-9-10(13)12(14-2)16-11(15-9)8-5-6-19(17,18)7-8/h8H,3-7H2,1-2H3,(H,14,15,16). The maximum Gasteiger partial charge on any atom is 0.151 e. The lowest BCUT2D eigenvalue weighted by Gasteiger charge is -2.13. The van der Waals surface area contributed by atoms with E-state index in [1.807, 2.05) is 0 Å². The summed E-state index contributed by atoms with van der Waals surface area (Å²) in [4.78, 5) is 9.00. The third kappa shape index (κ3) is 3.25. The lowest BCUT2D eigenvalue weighted by atomic mass is 10.1. The SMILES string of the molecule is CCCc1nc(C2CCS(=O)(=O)C2)nc(NC)c1Br. The van der Waals surface area contributed by atoms with Crippen LogP contribution in [0.3, 0.4) is 0 Å². The zero-order valence-corrected chi connectivity index (χ0v) is 13.5. The summed E-state index contributed by atoms with van der Waals surface area (Å²) in [7, 11) is -1.11. The fourth-order valence-electron chi connectivity index (χ4n) is 2.26. The van der Waals surface area contributed by atoms with Crippen LogP contribution in [0.2, 0.25) is 0 Å². The monoisotopic (exact) mass is 347 g/mol. The van der Waals surface area contributed by atoms with Crippen molar-refractivity contribution in [3.63, 3.8) is 0 Å². The predicted octanol–water partition coefficient (Wildman–Crippen LogP) is 2.14. The Morgan fingerprint density at radius 1 is 1.42 bits per heavy atom. The highest BCUT2D eigenvalue weighted by molar-refractivity contribution is 9.10. The first-order valence-corrected chi connectivity index (χ1v) is 9.02. The van der Waals surface area contributed by atoms with Crippen molar-refractivity contribution in [2.45, 2.75) is 32.1 Å². The van der Waals surface area contributed by atoms with Crippen LogP contribution in [0.15, 0.2) is 4.47 Å². The first kappa shape index (κ1) is 14.7. The highest BCUT2D eigenvalue weighted by Crippen LogP contribution is 2.31. The summed E-state index contributed by atoms with van der Waals surface area (Å²) < 4.78 is 24.0. The third-order valence-corrected chi connectivity index (χ3v) is 5.86. The molecule has 0 aromatic carbocycles. The van der Waals surface area contributed by atoms with Crippen LogP contribution in [-0.2, 0) is 16.3 Å². The molecule has 7 heteroatoms. The van der Waals surface area contributed by atoms with Gasteiger partial charge in [-0.2, -0.15) is 0 Å². The number of sulfone groups is 1. The minimum Gasteiger partial charge on any atom is -0.372 e. The number of aromatic nitrogens is 2. The molecule has 2 rings (SSSR count). The molecule has 1 aromatic heterocycles. The van der Waals surface area contributed by atoms with Crippen molar-refractivity contribution in [1.29, 1.82) is 0 Å². The van der Waals surface area contributed by atoms with E-state index < -0.39 is 9.84 Å². The number of halogens is 1. The molecule has 1 fully saturated rings. The van der Waals surface area contributed by atoms with Crippen molar-refractivity contribution in [2.75, 3.05) is 23.9 Å². The quantitative estimate of drug-likeness (QED) is 0.903. The highest BCUT2D eigenvalue weighted by atomic mass is 79.9. The van der Waals surface area contributed by atoms with Crippen molar-refractivity contribution in [1.82, 2.24) is 9.97 Å². The normalized spacial score (nSPS) is 21.5. The number of rotatable bonds is 4. The Morgan fingerprint density at radius 2 is 2.16 bits per heavy atom. The second-order valence-electron chi connectivity index (χ2n) is 4.79. The third-order valence-electron chi connectivity index (χ3n) is 3.26. The van der Waals surface area contributed by atoms with Gasteiger partial charge in [-0.05, 0) is 28.8 Å². The summed E-state index contributed by atoms with van der Waals surface area (Å²) in [6.45, 7) is 2.09. The number of anilines is 1. The van der Waals surface area contributed by atoms with Crippen molar-refractivity contribution in [2.24, 2.45) is 0 Å². The zero-order valence-electron chi connectivity index (χ0n) is 11.1. The minimum absolute atomic E-state index is 0.0687. The average Bonchev–Trinajstić information content (AvgIpc) is 2.72. The molecule has 1 saturated heterocycles. The zero-order chi connectivity index (χ0) is 14.0. The molecule has 1 N–H and O–H groups in total. The second-order valence-corrected chi connectivity index (χ2v) is 7.81. The Balaban J connectivity index is 2.38. The molecular formula is C12H18BrN3O2S. The van der Waals surface area contributed by atoms with E-state index in [0.717, 1.165) is 28.8 Å². The summed E-state index contributed by atoms with van der Waals surface area (Å²) in [5, 5.41) is 3.03. The predicted molar refractivity (Wildman–Crippen MR) is 79.3 cm³/mol. The molecule has 0 spiro atoms. The molecule has 1 unspecified atom stereocenters. The molecule has 0 aliphatic carbocycles. The summed E-state index contributed by atoms with van der Waals surface area (Å²) in [6, 6.07) is 0. The van der Waals surface area contributed by atoms with Crippen LogP contribution >= 0.6 is 15.9 Å². The summed E-state index contributed by atoms with van der Waals surface area (Å²) in [5.74, 6) is 1.73. The Hall–Kier alpha value is -0.690. The molecule has 2 heterocycles. The van der Waals surface area contributed by atoms with Gasteiger partial charge in [0.2, 0.25) is 0 Å². The maximum absolute atomic E-state index is 11.6. The van der Waals surface area contributed by atoms with Crippen LogP contribution in [0, 0.1) is 0 Å². The fraction of sp³-hybridized carbons (Fsp3) is 0.667. The van der Waals surface area contributed by atoms with Crippen LogP contribution in [0.25, 0.3) is 0 Å². The van der Waals surface area contributed by atoms with Gasteiger partial charge in [0.05, 0.1) is 21.7 Å². The van der Waals surface area contributed by atoms with E-state index in [0.29, 0.717) is 12.2 Å². The number of hydrogen-bond donors (Lipinski definition) is 1. The van der Waals surface area contributed by atoms with Gasteiger partial charge in [0.1, 0.15) is 11.6 Å². The molecule has 1 aromatic rings. The lowest BCUT2D eigenvalue weighted by Crippen LogP contribution is -2.11. The van der Waals surface area contributed by atoms with Crippen LogP contribution in [-0.4, -0.2) is 36.9 Å². The first-order chi connectivity index (χ1) is 8.96. The van der Waals surface area contributed by atoms with Gasteiger partial charge < -0.3 is 5.32 Å². The van der Waals surface area contributed by atoms with Crippen molar-refractivity contribution in [3.8, 4) is 0 Å². The molecule has 0 amide bonds. The average molecular weight is 348 g/mol. The van der Waals surface area contributed by atoms with Gasteiger partial charge in [-0.1, -0.05) is 13.3 Å². The second kappa shape index (κ2) is 5.75. The van der Waals surface area contributed by atoms with Gasteiger partial charge in [0, 0.05) is 13.0 Å². The van der Waals surface area contributed by atoms with E-state index in [4.69, 9.17) is 0 Å². The van der Waals surface area contributed by atoms with Gasteiger partial charge in [0.15, 0.2) is 9.84 Å². The summed E-state index contributed by atoms with van der Waals surface area (Å²) >= 11 is 3.50. The molecule has 19 heavy (non-hydrogen) atoms. The molecule has 1 aliphatic heterocycles. The fourth-order valence-corrected chi connectivity index (χ4v) is 4.57. The van der Waals surface area contributed by atoms with Gasteiger partial charge in [0.25, 0.3) is 0 Å². The molecule has 0 bridgehead atoms. The van der Waals surface area contributed by atoms with E-state index in [-0.39, 0.29) is 17.4 Å². The molecule has 106 valence electrons. The summed E-state index contributed by atoms with van der Waals surface area (Å²) in [5.41, 5.74) is 0.946. The van der Waals surface area contributed by atoms with Crippen LogP contribution < -0.4 is 5.32 Å². The van der Waals surface area contributed by atoms with Gasteiger partial charge in [-0.25, -0.2) is 18.4 Å². The summed E-state index contributed by atoms with van der Waals surface area (Å²) in [6.07, 6.45) is 2.46. The van der Waals surface area contributed by atoms with Crippen LogP contribution in [0.4, 0.5) is 5.82 Å². The van der Waals surface area contributed by atoms with Gasteiger partial charge >= 0.3 is 0 Å². The largest absolute Gasteiger partial charge is 0.372 e. The molecule has 1 atom stereocenters. The van der Waals surface area contributed by atoms with Crippen molar-refractivity contribution >= 4 is 31.6 Å². The van der Waals surface area contributed by atoms with Crippen LogP contribution in [0.1, 0.15) is 37.2 Å². The first-order valence-electron chi connectivity index (χ1n) is 6.41. The Bertz CT molecular complexity index is 575. The molecule has 0 radical (unpaired) electrons. The molecule has 5 nitrogen and oxygen atoms in total. The Morgan fingerprint density at radius 3 is 2.68 bits per heavy atom. The van der Waals surface area contributed by atoms with Crippen molar-refractivity contribution in [3.05, 3.63) is 16.0 Å². The van der Waals surface area contributed by atoms with E-state index in [1.165, 1.54) is 0 Å². The maximum atomic E-state index is 11.6. The van der Waals surface area contributed by atoms with E-state index in [9.17, 15) is 8.42 Å². The van der Waals surface area contributed by atoms with E-state index in [2.05, 4.69) is 38.1 Å². The topological polar surface area (TPSA) is 72.0 Å². The molecule has 0 saturated carbocycles. The van der Waals surface area contributed by atoms with E-state index in [1.54, 1.807) is 7.05 Å². The Labute approximate surface area is 122 Å². The molecular weight excluding hydrogens is 330 g/mol. The van der Waals surface area contributed by atoms with E-state index >= 15 is 0 Å². The Kier molecular flexibility index (Phi) is 4.45. The number of nitrogens with zero attached hydrogens (tertiary/aromatic N) is 2. The van der Waals surface area contributed by atoms with Crippen molar-refractivity contribution < 1.29 is 8.42 Å². The number of nitrogens with one attached hydrogen (secondary N) is 1. The highest BCUT2D eigenvalue weighted by Gasteiger charge is 2.31. The lowest BCUT2D eigenvalue weighted by molar-refractivity contribution is 0.601.